The minimum Gasteiger partial charge on any atom is -0.384 e. The highest BCUT2D eigenvalue weighted by molar-refractivity contribution is 5.89. The van der Waals surface area contributed by atoms with Crippen molar-refractivity contribution >= 4 is 11.7 Å². The fraction of sp³-hybridized carbons (Fsp3) is 0.417. The van der Waals surface area contributed by atoms with Crippen LogP contribution in [0.1, 0.15) is 12.0 Å². The monoisotopic (exact) mass is 330 g/mol. The van der Waals surface area contributed by atoms with Crippen molar-refractivity contribution in [3.63, 3.8) is 0 Å². The van der Waals surface area contributed by atoms with Gasteiger partial charge in [0.2, 0.25) is 0 Å². The third-order valence-electron chi connectivity index (χ3n) is 2.55. The van der Waals surface area contributed by atoms with Gasteiger partial charge in [0.05, 0.1) is 5.56 Å². The van der Waals surface area contributed by atoms with E-state index in [1.54, 1.807) is 0 Å². The smallest absolute Gasteiger partial charge is 0.384 e. The lowest BCUT2D eigenvalue weighted by Gasteiger charge is -2.14. The summed E-state index contributed by atoms with van der Waals surface area (Å²) in [5.74, 6) is 0. The summed E-state index contributed by atoms with van der Waals surface area (Å²) >= 11 is 0. The van der Waals surface area contributed by atoms with Crippen molar-refractivity contribution < 1.29 is 36.2 Å². The maximum atomic E-state index is 12.3. The van der Waals surface area contributed by atoms with Gasteiger partial charge in [-0.05, 0) is 30.7 Å². The van der Waals surface area contributed by atoms with Crippen molar-refractivity contribution in [1.29, 1.82) is 0 Å². The number of nitrogens with one attached hydrogen (secondary N) is 2. The SMILES string of the molecule is O=C(NCC[C@@H](O)C(F)(F)F)Nc1ccc(C(F)(F)F)cc1. The Hall–Kier alpha value is -1.97. The molecule has 0 aliphatic carbocycles. The third-order valence-corrected chi connectivity index (χ3v) is 2.55. The van der Waals surface area contributed by atoms with Crippen LogP contribution in [0.25, 0.3) is 0 Å². The van der Waals surface area contributed by atoms with E-state index in [0.29, 0.717) is 0 Å². The Morgan fingerprint density at radius 1 is 1.09 bits per heavy atom. The van der Waals surface area contributed by atoms with E-state index < -0.39 is 43.0 Å². The number of carbonyl (C=O) groups excluding carboxylic acids is 1. The summed E-state index contributed by atoms with van der Waals surface area (Å²) in [6, 6.07) is 2.63. The molecule has 0 heterocycles. The van der Waals surface area contributed by atoms with E-state index in [2.05, 4.69) is 5.32 Å². The Morgan fingerprint density at radius 2 is 1.64 bits per heavy atom. The van der Waals surface area contributed by atoms with Gasteiger partial charge < -0.3 is 15.7 Å². The molecule has 0 bridgehead atoms. The van der Waals surface area contributed by atoms with E-state index in [-0.39, 0.29) is 5.69 Å². The Bertz CT molecular complexity index is 498. The number of rotatable bonds is 4. The van der Waals surface area contributed by atoms with Crippen molar-refractivity contribution in [1.82, 2.24) is 5.32 Å². The molecule has 2 amide bonds. The van der Waals surface area contributed by atoms with Gasteiger partial charge in [-0.15, -0.1) is 0 Å². The second-order valence-corrected chi connectivity index (χ2v) is 4.30. The van der Waals surface area contributed by atoms with Crippen LogP contribution < -0.4 is 10.6 Å². The van der Waals surface area contributed by atoms with Gasteiger partial charge in [-0.25, -0.2) is 4.79 Å². The quantitative estimate of drug-likeness (QED) is 0.743. The summed E-state index contributed by atoms with van der Waals surface area (Å²) in [5.41, 5.74) is -0.853. The second-order valence-electron chi connectivity index (χ2n) is 4.30. The van der Waals surface area contributed by atoms with E-state index in [0.717, 1.165) is 24.3 Å². The second kappa shape index (κ2) is 6.86. The molecule has 1 aromatic rings. The lowest BCUT2D eigenvalue weighted by atomic mass is 10.2. The number of anilines is 1. The highest BCUT2D eigenvalue weighted by atomic mass is 19.4. The molecule has 22 heavy (non-hydrogen) atoms. The van der Waals surface area contributed by atoms with Crippen LogP contribution in [0.5, 0.6) is 0 Å². The third kappa shape index (κ3) is 5.80. The maximum Gasteiger partial charge on any atom is 0.416 e. The Labute approximate surface area is 121 Å². The first-order chi connectivity index (χ1) is 10.00. The zero-order chi connectivity index (χ0) is 17.0. The van der Waals surface area contributed by atoms with E-state index in [1.807, 2.05) is 5.32 Å². The van der Waals surface area contributed by atoms with E-state index in [4.69, 9.17) is 5.11 Å². The van der Waals surface area contributed by atoms with Gasteiger partial charge in [-0.3, -0.25) is 0 Å². The first kappa shape index (κ1) is 18.1. The predicted molar refractivity (Wildman–Crippen MR) is 65.1 cm³/mol. The minimum atomic E-state index is -4.77. The average molecular weight is 330 g/mol. The van der Waals surface area contributed by atoms with Gasteiger partial charge in [-0.2, -0.15) is 26.3 Å². The molecule has 0 aliphatic rings. The summed E-state index contributed by atoms with van der Waals surface area (Å²) in [6.07, 6.45) is -12.6. The highest BCUT2D eigenvalue weighted by Crippen LogP contribution is 2.29. The number of amides is 2. The number of halogens is 6. The highest BCUT2D eigenvalue weighted by Gasteiger charge is 2.37. The largest absolute Gasteiger partial charge is 0.416 e. The van der Waals surface area contributed by atoms with Crippen LogP contribution in [-0.4, -0.2) is 30.0 Å². The normalized spacial score (nSPS) is 13.6. The molecule has 0 spiro atoms. The molecule has 1 atom stereocenters. The first-order valence-corrected chi connectivity index (χ1v) is 5.97. The molecular formula is C12H12F6N2O2. The first-order valence-electron chi connectivity index (χ1n) is 5.97. The molecule has 0 fully saturated rings. The standard InChI is InChI=1S/C12H12F6N2O2/c13-11(14,15)7-1-3-8(4-2-7)20-10(22)19-6-5-9(21)12(16,17)18/h1-4,9,21H,5-6H2,(H2,19,20,22)/t9-/m1/s1. The summed E-state index contributed by atoms with van der Waals surface area (Å²) in [5, 5.41) is 12.9. The number of hydrogen-bond donors (Lipinski definition) is 3. The van der Waals surface area contributed by atoms with Gasteiger partial charge in [-0.1, -0.05) is 0 Å². The van der Waals surface area contributed by atoms with Gasteiger partial charge in [0, 0.05) is 12.2 Å². The Kier molecular flexibility index (Phi) is 5.64. The summed E-state index contributed by atoms with van der Waals surface area (Å²) in [4.78, 5) is 11.3. The topological polar surface area (TPSA) is 61.4 Å². The molecule has 1 rings (SSSR count). The Morgan fingerprint density at radius 3 is 2.09 bits per heavy atom. The summed E-state index contributed by atoms with van der Waals surface area (Å²) in [7, 11) is 0. The minimum absolute atomic E-state index is 0.0434. The predicted octanol–water partition coefficient (Wildman–Crippen LogP) is 3.14. The summed E-state index contributed by atoms with van der Waals surface area (Å²) in [6.45, 7) is -0.451. The van der Waals surface area contributed by atoms with Gasteiger partial charge in [0.15, 0.2) is 6.10 Å². The molecule has 0 unspecified atom stereocenters. The number of aliphatic hydroxyl groups excluding tert-OH is 1. The molecule has 10 heteroatoms. The number of aliphatic hydroxyl groups is 1. The fourth-order valence-electron chi connectivity index (χ4n) is 1.40. The van der Waals surface area contributed by atoms with Crippen molar-refractivity contribution in [2.45, 2.75) is 24.9 Å². The number of alkyl halides is 6. The molecule has 0 saturated heterocycles. The molecule has 0 aromatic heterocycles. The molecule has 0 aliphatic heterocycles. The zero-order valence-electron chi connectivity index (χ0n) is 10.9. The number of carbonyl (C=O) groups is 1. The molecule has 0 radical (unpaired) electrons. The van der Waals surface area contributed by atoms with Crippen molar-refractivity contribution in [3.05, 3.63) is 29.8 Å². The van der Waals surface area contributed by atoms with E-state index >= 15 is 0 Å². The lowest BCUT2D eigenvalue weighted by Crippen LogP contribution is -2.35. The Balaban J connectivity index is 2.43. The number of urea groups is 1. The van der Waals surface area contributed by atoms with Crippen LogP contribution in [0.4, 0.5) is 36.8 Å². The van der Waals surface area contributed by atoms with Crippen LogP contribution in [0.3, 0.4) is 0 Å². The van der Waals surface area contributed by atoms with Crippen LogP contribution in [0.2, 0.25) is 0 Å². The van der Waals surface area contributed by atoms with E-state index in [9.17, 15) is 31.1 Å². The van der Waals surface area contributed by atoms with Crippen LogP contribution in [0.15, 0.2) is 24.3 Å². The molecule has 4 nitrogen and oxygen atoms in total. The van der Waals surface area contributed by atoms with E-state index in [1.165, 1.54) is 0 Å². The van der Waals surface area contributed by atoms with Gasteiger partial charge >= 0.3 is 18.4 Å². The molecule has 3 N–H and O–H groups in total. The molecular weight excluding hydrogens is 318 g/mol. The van der Waals surface area contributed by atoms with Crippen LogP contribution in [-0.2, 0) is 6.18 Å². The maximum absolute atomic E-state index is 12.3. The summed E-state index contributed by atoms with van der Waals surface area (Å²) < 4.78 is 72.9. The van der Waals surface area contributed by atoms with Gasteiger partial charge in [0.25, 0.3) is 0 Å². The van der Waals surface area contributed by atoms with Crippen molar-refractivity contribution in [3.8, 4) is 0 Å². The van der Waals surface area contributed by atoms with Gasteiger partial charge in [0.1, 0.15) is 0 Å². The fourth-order valence-corrected chi connectivity index (χ4v) is 1.40. The van der Waals surface area contributed by atoms with Crippen LogP contribution in [0, 0.1) is 0 Å². The number of benzene rings is 1. The van der Waals surface area contributed by atoms with Crippen LogP contribution >= 0.6 is 0 Å². The lowest BCUT2D eigenvalue weighted by molar-refractivity contribution is -0.204. The molecule has 0 saturated carbocycles. The average Bonchev–Trinajstić information content (AvgIpc) is 2.37. The van der Waals surface area contributed by atoms with Crippen molar-refractivity contribution in [2.75, 3.05) is 11.9 Å². The number of hydrogen-bond acceptors (Lipinski definition) is 2. The molecule has 1 aromatic carbocycles. The zero-order valence-corrected chi connectivity index (χ0v) is 10.9. The molecule has 124 valence electrons. The van der Waals surface area contributed by atoms with Crippen molar-refractivity contribution in [2.24, 2.45) is 0 Å².